The molecule has 138 valence electrons. The van der Waals surface area contributed by atoms with Crippen molar-refractivity contribution in [1.29, 1.82) is 0 Å². The van der Waals surface area contributed by atoms with E-state index in [9.17, 15) is 0 Å². The zero-order valence-electron chi connectivity index (χ0n) is 16.8. The van der Waals surface area contributed by atoms with E-state index in [1.165, 1.54) is 44.5 Å². The van der Waals surface area contributed by atoms with Crippen LogP contribution in [0.25, 0.3) is 27.8 Å². The summed E-state index contributed by atoms with van der Waals surface area (Å²) in [5.74, 6) is 0.456. The van der Waals surface area contributed by atoms with E-state index in [1.807, 2.05) is 0 Å². The highest BCUT2D eigenvalue weighted by Gasteiger charge is 2.06. The minimum absolute atomic E-state index is 0.456. The zero-order chi connectivity index (χ0) is 19.5. The van der Waals surface area contributed by atoms with Crippen LogP contribution in [0.5, 0.6) is 0 Å². The number of aryl methyl sites for hydroxylation is 1. The largest absolute Gasteiger partial charge is 0.0776 e. The van der Waals surface area contributed by atoms with Crippen LogP contribution in [0.3, 0.4) is 0 Å². The standard InChI is InChI=1S/C28H26/c1-20-6-8-23(9-7-20)24-10-12-25(13-11-24)26-14-16-27(17-15-26)28-18-21(2)4-5-22(3)19-28/h4-19,21H,1-3H3. The molecule has 0 spiro atoms. The molecule has 0 heteroatoms. The second-order valence-corrected chi connectivity index (χ2v) is 7.75. The van der Waals surface area contributed by atoms with Crippen LogP contribution in [-0.4, -0.2) is 0 Å². The van der Waals surface area contributed by atoms with Crippen LogP contribution in [0.1, 0.15) is 25.0 Å². The normalized spacial score (nSPS) is 16.3. The molecule has 0 amide bonds. The van der Waals surface area contributed by atoms with Gasteiger partial charge >= 0.3 is 0 Å². The molecule has 1 unspecified atom stereocenters. The molecule has 0 bridgehead atoms. The summed E-state index contributed by atoms with van der Waals surface area (Å²) >= 11 is 0. The summed E-state index contributed by atoms with van der Waals surface area (Å²) in [6.45, 7) is 6.51. The first-order chi connectivity index (χ1) is 13.6. The third kappa shape index (κ3) is 4.07. The monoisotopic (exact) mass is 362 g/mol. The summed E-state index contributed by atoms with van der Waals surface area (Å²) in [7, 11) is 0. The third-order valence-corrected chi connectivity index (χ3v) is 5.31. The van der Waals surface area contributed by atoms with Crippen molar-refractivity contribution in [2.75, 3.05) is 0 Å². The first kappa shape index (κ1) is 18.3. The van der Waals surface area contributed by atoms with Gasteiger partial charge in [-0.05, 0) is 53.2 Å². The molecule has 4 rings (SSSR count). The summed E-state index contributed by atoms with van der Waals surface area (Å²) in [5.41, 5.74) is 10.2. The maximum Gasteiger partial charge on any atom is -0.00695 e. The SMILES string of the molecule is CC1=CC(c2ccc(-c3ccc(-c4ccc(C)cc4)cc3)cc2)=CC(C)C=C1. The van der Waals surface area contributed by atoms with Crippen molar-refractivity contribution in [3.05, 3.63) is 114 Å². The highest BCUT2D eigenvalue weighted by molar-refractivity contribution is 5.78. The summed E-state index contributed by atoms with van der Waals surface area (Å²) in [5, 5.41) is 0. The van der Waals surface area contributed by atoms with Gasteiger partial charge in [0, 0.05) is 0 Å². The summed E-state index contributed by atoms with van der Waals surface area (Å²) in [4.78, 5) is 0. The van der Waals surface area contributed by atoms with E-state index in [4.69, 9.17) is 0 Å². The fourth-order valence-electron chi connectivity index (χ4n) is 3.62. The molecular formula is C28H26. The number of hydrogen-bond acceptors (Lipinski definition) is 0. The summed E-state index contributed by atoms with van der Waals surface area (Å²) < 4.78 is 0. The van der Waals surface area contributed by atoms with E-state index in [1.54, 1.807) is 0 Å². The van der Waals surface area contributed by atoms with Crippen molar-refractivity contribution in [3.8, 4) is 22.3 Å². The predicted molar refractivity (Wildman–Crippen MR) is 122 cm³/mol. The fraction of sp³-hybridized carbons (Fsp3) is 0.143. The molecule has 28 heavy (non-hydrogen) atoms. The molecule has 1 aliphatic rings. The topological polar surface area (TPSA) is 0 Å². The van der Waals surface area contributed by atoms with E-state index in [0.29, 0.717) is 5.92 Å². The Morgan fingerprint density at radius 3 is 1.50 bits per heavy atom. The Kier molecular flexibility index (Phi) is 5.12. The van der Waals surface area contributed by atoms with Crippen molar-refractivity contribution >= 4 is 5.57 Å². The molecule has 0 N–H and O–H groups in total. The van der Waals surface area contributed by atoms with Gasteiger partial charge in [0.05, 0.1) is 0 Å². The Balaban J connectivity index is 1.57. The highest BCUT2D eigenvalue weighted by atomic mass is 14.1. The Hall–Kier alpha value is -3.12. The first-order valence-electron chi connectivity index (χ1n) is 9.95. The van der Waals surface area contributed by atoms with E-state index >= 15 is 0 Å². The first-order valence-corrected chi connectivity index (χ1v) is 9.95. The van der Waals surface area contributed by atoms with E-state index in [0.717, 1.165) is 0 Å². The molecule has 1 aliphatic carbocycles. The van der Waals surface area contributed by atoms with Gasteiger partial charge in [-0.3, -0.25) is 0 Å². The van der Waals surface area contributed by atoms with Crippen molar-refractivity contribution in [2.24, 2.45) is 5.92 Å². The molecule has 0 heterocycles. The van der Waals surface area contributed by atoms with Crippen LogP contribution in [0.4, 0.5) is 0 Å². The van der Waals surface area contributed by atoms with Crippen molar-refractivity contribution in [1.82, 2.24) is 0 Å². The van der Waals surface area contributed by atoms with Crippen LogP contribution in [0, 0.1) is 12.8 Å². The molecule has 1 atom stereocenters. The molecule has 0 fully saturated rings. The Labute approximate surface area is 168 Å². The average molecular weight is 363 g/mol. The van der Waals surface area contributed by atoms with Gasteiger partial charge in [-0.15, -0.1) is 0 Å². The molecule has 0 aromatic heterocycles. The van der Waals surface area contributed by atoms with E-state index in [2.05, 4.69) is 118 Å². The molecule has 0 aliphatic heterocycles. The lowest BCUT2D eigenvalue weighted by molar-refractivity contribution is 0.944. The summed E-state index contributed by atoms with van der Waals surface area (Å²) in [6.07, 6.45) is 9.06. The van der Waals surface area contributed by atoms with Gasteiger partial charge in [0.25, 0.3) is 0 Å². The second-order valence-electron chi connectivity index (χ2n) is 7.75. The maximum atomic E-state index is 2.33. The average Bonchev–Trinajstić information content (AvgIpc) is 2.89. The van der Waals surface area contributed by atoms with Gasteiger partial charge < -0.3 is 0 Å². The molecule has 3 aromatic carbocycles. The van der Waals surface area contributed by atoms with E-state index < -0.39 is 0 Å². The molecule has 0 radical (unpaired) electrons. The molecule has 3 aromatic rings. The summed E-state index contributed by atoms with van der Waals surface area (Å²) in [6, 6.07) is 26.5. The minimum atomic E-state index is 0.456. The number of benzene rings is 3. The molecule has 0 nitrogen and oxygen atoms in total. The molecule has 0 saturated carbocycles. The van der Waals surface area contributed by atoms with Gasteiger partial charge in [-0.2, -0.15) is 0 Å². The maximum absolute atomic E-state index is 2.33. The number of hydrogen-bond donors (Lipinski definition) is 0. The van der Waals surface area contributed by atoms with Crippen LogP contribution in [-0.2, 0) is 0 Å². The zero-order valence-corrected chi connectivity index (χ0v) is 16.8. The smallest absolute Gasteiger partial charge is 0.00695 e. The quantitative estimate of drug-likeness (QED) is 0.445. The number of rotatable bonds is 3. The van der Waals surface area contributed by atoms with Gasteiger partial charge in [-0.25, -0.2) is 0 Å². The lowest BCUT2D eigenvalue weighted by Crippen LogP contribution is -1.87. The van der Waals surface area contributed by atoms with Crippen LogP contribution in [0.2, 0.25) is 0 Å². The molecular weight excluding hydrogens is 336 g/mol. The van der Waals surface area contributed by atoms with Crippen LogP contribution < -0.4 is 0 Å². The van der Waals surface area contributed by atoms with Gasteiger partial charge in [-0.1, -0.05) is 115 Å². The lowest BCUT2D eigenvalue weighted by Gasteiger charge is -2.08. The Bertz CT molecular complexity index is 1040. The minimum Gasteiger partial charge on any atom is -0.0776 e. The van der Waals surface area contributed by atoms with Crippen molar-refractivity contribution < 1.29 is 0 Å². The van der Waals surface area contributed by atoms with Crippen molar-refractivity contribution in [2.45, 2.75) is 20.8 Å². The second kappa shape index (κ2) is 7.86. The van der Waals surface area contributed by atoms with E-state index in [-0.39, 0.29) is 0 Å². The van der Waals surface area contributed by atoms with Gasteiger partial charge in [0.2, 0.25) is 0 Å². The Morgan fingerprint density at radius 2 is 1.00 bits per heavy atom. The predicted octanol–water partition coefficient (Wildman–Crippen LogP) is 7.86. The third-order valence-electron chi connectivity index (χ3n) is 5.31. The number of allylic oxidation sites excluding steroid dienone is 6. The van der Waals surface area contributed by atoms with Gasteiger partial charge in [0.15, 0.2) is 0 Å². The van der Waals surface area contributed by atoms with Gasteiger partial charge in [0.1, 0.15) is 0 Å². The van der Waals surface area contributed by atoms with Crippen molar-refractivity contribution in [3.63, 3.8) is 0 Å². The Morgan fingerprint density at radius 1 is 0.571 bits per heavy atom. The highest BCUT2D eigenvalue weighted by Crippen LogP contribution is 2.28. The van der Waals surface area contributed by atoms with Crippen LogP contribution in [0.15, 0.2) is 103 Å². The fourth-order valence-corrected chi connectivity index (χ4v) is 3.62. The molecule has 0 saturated heterocycles. The van der Waals surface area contributed by atoms with Crippen LogP contribution >= 0.6 is 0 Å². The lowest BCUT2D eigenvalue weighted by atomic mass is 9.96.